The molecule has 4 rings (SSSR count). The highest BCUT2D eigenvalue weighted by molar-refractivity contribution is 7.91. The Morgan fingerprint density at radius 2 is 1.13 bits per heavy atom. The third kappa shape index (κ3) is 10.3. The van der Waals surface area contributed by atoms with Crippen LogP contribution in [0.1, 0.15) is 19.4 Å². The summed E-state index contributed by atoms with van der Waals surface area (Å²) in [6.45, 7) is 2.70. The first-order chi connectivity index (χ1) is 22.2. The van der Waals surface area contributed by atoms with E-state index in [1.54, 1.807) is 55.5 Å². The molecule has 47 heavy (non-hydrogen) atoms. The molecule has 11 nitrogen and oxygen atoms in total. The number of ether oxygens (including phenoxy) is 3. The summed E-state index contributed by atoms with van der Waals surface area (Å²) in [6.07, 6.45) is 1.98. The van der Waals surface area contributed by atoms with E-state index >= 15 is 0 Å². The van der Waals surface area contributed by atoms with Crippen LogP contribution < -0.4 is 14.2 Å². The van der Waals surface area contributed by atoms with Gasteiger partial charge in [-0.1, -0.05) is 44.2 Å². The van der Waals surface area contributed by atoms with Crippen LogP contribution in [0.15, 0.2) is 94.7 Å². The molecule has 2 N–H and O–H groups in total. The summed E-state index contributed by atoms with van der Waals surface area (Å²) >= 11 is 0. The topological polar surface area (TPSA) is 171 Å². The Balaban J connectivity index is 0.000000256. The molecule has 0 atom stereocenters. The maximum atomic E-state index is 11.9. The molecule has 0 bridgehead atoms. The fourth-order valence-electron chi connectivity index (χ4n) is 4.31. The Morgan fingerprint density at radius 1 is 0.660 bits per heavy atom. The molecule has 0 aliphatic heterocycles. The number of sulfone groups is 2. The Labute approximate surface area is 274 Å². The van der Waals surface area contributed by atoms with E-state index in [0.29, 0.717) is 28.4 Å². The second kappa shape index (κ2) is 16.1. The van der Waals surface area contributed by atoms with Crippen LogP contribution in [0.4, 0.5) is 0 Å². The van der Waals surface area contributed by atoms with E-state index in [9.17, 15) is 26.4 Å². The summed E-state index contributed by atoms with van der Waals surface area (Å²) in [6, 6.07) is 23.3. The second-order valence-electron chi connectivity index (χ2n) is 10.1. The van der Waals surface area contributed by atoms with Crippen LogP contribution in [-0.4, -0.2) is 71.3 Å². The number of carboxylic acid groups (broad SMARTS) is 2. The van der Waals surface area contributed by atoms with E-state index < -0.39 is 44.8 Å². The maximum Gasteiger partial charge on any atom is 0.341 e. The van der Waals surface area contributed by atoms with Gasteiger partial charge in [0.25, 0.3) is 0 Å². The Morgan fingerprint density at radius 3 is 1.55 bits per heavy atom. The van der Waals surface area contributed by atoms with Gasteiger partial charge < -0.3 is 24.4 Å². The van der Waals surface area contributed by atoms with Crippen LogP contribution in [-0.2, 0) is 35.7 Å². The molecule has 0 spiro atoms. The quantitative estimate of drug-likeness (QED) is 0.185. The summed E-state index contributed by atoms with van der Waals surface area (Å²) in [5, 5.41) is 17.5. The molecule has 0 fully saturated rings. The molecule has 0 amide bonds. The van der Waals surface area contributed by atoms with E-state index in [-0.39, 0.29) is 15.5 Å². The van der Waals surface area contributed by atoms with Gasteiger partial charge in [-0.05, 0) is 77.7 Å². The highest BCUT2D eigenvalue weighted by Gasteiger charge is 2.15. The fourth-order valence-corrected chi connectivity index (χ4v) is 5.82. The highest BCUT2D eigenvalue weighted by atomic mass is 32.2. The minimum absolute atomic E-state index is 0.0263. The van der Waals surface area contributed by atoms with Crippen LogP contribution in [0, 0.1) is 0 Å². The van der Waals surface area contributed by atoms with Crippen LogP contribution >= 0.6 is 0 Å². The molecule has 0 saturated carbocycles. The number of carbonyl (C=O) groups is 2. The van der Waals surface area contributed by atoms with Crippen molar-refractivity contribution in [3.8, 4) is 39.5 Å². The van der Waals surface area contributed by atoms with Gasteiger partial charge in [0.2, 0.25) is 0 Å². The van der Waals surface area contributed by atoms with Crippen molar-refractivity contribution >= 4 is 31.6 Å². The second-order valence-corrected chi connectivity index (χ2v) is 14.4. The standard InChI is InChI=1S/C17H18O6S.C17H18O5S/c1-3-24(20,21)14-7-4-12(5-8-14)15-10-13(22-2)6-9-16(15)23-11-17(18)19;1-3-12-4-9-16(22-11-17(18)19)15(10-12)13-5-7-14(8-6-13)23(2,20)21/h4-10H,3,11H2,1-2H3,(H,18,19);4-10H,3,11H2,1-2H3,(H,18,19). The number of hydrogen-bond donors (Lipinski definition) is 2. The van der Waals surface area contributed by atoms with E-state index in [1.807, 2.05) is 19.1 Å². The van der Waals surface area contributed by atoms with Crippen molar-refractivity contribution in [2.75, 3.05) is 32.3 Å². The highest BCUT2D eigenvalue weighted by Crippen LogP contribution is 2.35. The van der Waals surface area contributed by atoms with Crippen LogP contribution in [0.3, 0.4) is 0 Å². The molecule has 4 aromatic carbocycles. The van der Waals surface area contributed by atoms with Gasteiger partial charge in [0.1, 0.15) is 17.2 Å². The number of methoxy groups -OCH3 is 1. The number of benzene rings is 4. The molecule has 0 aliphatic rings. The smallest absolute Gasteiger partial charge is 0.341 e. The number of hydrogen-bond acceptors (Lipinski definition) is 9. The van der Waals surface area contributed by atoms with Crippen LogP contribution in [0.5, 0.6) is 17.2 Å². The number of rotatable bonds is 13. The molecule has 0 unspecified atom stereocenters. The molecular formula is C34H36O11S2. The van der Waals surface area contributed by atoms with Gasteiger partial charge in [-0.15, -0.1) is 0 Å². The zero-order valence-electron chi connectivity index (χ0n) is 26.3. The minimum atomic E-state index is -3.28. The SMILES string of the molecule is CCS(=O)(=O)c1ccc(-c2cc(OC)ccc2OCC(=O)O)cc1.CCc1ccc(OCC(=O)O)c(-c2ccc(S(C)(=O)=O)cc2)c1. The van der Waals surface area contributed by atoms with Crippen molar-refractivity contribution in [3.05, 3.63) is 90.5 Å². The Hall–Kier alpha value is -4.88. The summed E-state index contributed by atoms with van der Waals surface area (Å²) in [4.78, 5) is 21.9. The predicted octanol–water partition coefficient (Wildman–Crippen LogP) is 5.40. The largest absolute Gasteiger partial charge is 0.497 e. The lowest BCUT2D eigenvalue weighted by Gasteiger charge is -2.12. The average molecular weight is 685 g/mol. The minimum Gasteiger partial charge on any atom is -0.497 e. The monoisotopic (exact) mass is 684 g/mol. The predicted molar refractivity (Wildman–Crippen MR) is 177 cm³/mol. The van der Waals surface area contributed by atoms with Gasteiger partial charge in [0.15, 0.2) is 32.9 Å². The van der Waals surface area contributed by atoms with Crippen LogP contribution in [0.25, 0.3) is 22.3 Å². The van der Waals surface area contributed by atoms with Gasteiger partial charge in [0, 0.05) is 17.4 Å². The van der Waals surface area contributed by atoms with Gasteiger partial charge >= 0.3 is 11.9 Å². The third-order valence-electron chi connectivity index (χ3n) is 6.84. The summed E-state index contributed by atoms with van der Waals surface area (Å²) in [5.41, 5.74) is 3.91. The molecule has 0 aliphatic carbocycles. The molecule has 0 radical (unpaired) electrons. The molecule has 0 aromatic heterocycles. The molecular weight excluding hydrogens is 648 g/mol. The third-order valence-corrected chi connectivity index (χ3v) is 9.72. The molecule has 250 valence electrons. The lowest BCUT2D eigenvalue weighted by molar-refractivity contribution is -0.140. The normalized spacial score (nSPS) is 11.1. The average Bonchev–Trinajstić information content (AvgIpc) is 3.06. The fraction of sp³-hybridized carbons (Fsp3) is 0.235. The zero-order valence-corrected chi connectivity index (χ0v) is 27.9. The lowest BCUT2D eigenvalue weighted by atomic mass is 10.0. The van der Waals surface area contributed by atoms with E-state index in [2.05, 4.69) is 0 Å². The van der Waals surface area contributed by atoms with Gasteiger partial charge in [0.05, 0.1) is 22.7 Å². The molecule has 0 saturated heterocycles. The van der Waals surface area contributed by atoms with Crippen LogP contribution in [0.2, 0.25) is 0 Å². The van der Waals surface area contributed by atoms with Crippen molar-refractivity contribution < 1.29 is 50.8 Å². The van der Waals surface area contributed by atoms with Gasteiger partial charge in [-0.25, -0.2) is 26.4 Å². The maximum absolute atomic E-state index is 11.9. The van der Waals surface area contributed by atoms with Crippen molar-refractivity contribution in [3.63, 3.8) is 0 Å². The van der Waals surface area contributed by atoms with Crippen molar-refractivity contribution in [1.29, 1.82) is 0 Å². The Kier molecular flexibility index (Phi) is 12.5. The molecule has 13 heteroatoms. The number of carboxylic acids is 2. The lowest BCUT2D eigenvalue weighted by Crippen LogP contribution is -2.10. The first-order valence-corrected chi connectivity index (χ1v) is 17.9. The van der Waals surface area contributed by atoms with Gasteiger partial charge in [-0.3, -0.25) is 0 Å². The van der Waals surface area contributed by atoms with Crippen molar-refractivity contribution in [2.24, 2.45) is 0 Å². The molecule has 0 heterocycles. The van der Waals surface area contributed by atoms with E-state index in [0.717, 1.165) is 29.4 Å². The first-order valence-electron chi connectivity index (χ1n) is 14.3. The van der Waals surface area contributed by atoms with Gasteiger partial charge in [-0.2, -0.15) is 0 Å². The van der Waals surface area contributed by atoms with Crippen molar-refractivity contribution in [1.82, 2.24) is 0 Å². The zero-order chi connectivity index (χ0) is 34.8. The molecule has 4 aromatic rings. The van der Waals surface area contributed by atoms with Crippen molar-refractivity contribution in [2.45, 2.75) is 30.1 Å². The van der Waals surface area contributed by atoms with E-state index in [4.69, 9.17) is 24.4 Å². The number of aliphatic carboxylic acids is 2. The Bertz CT molecular complexity index is 1920. The first kappa shape index (κ1) is 36.6. The summed E-state index contributed by atoms with van der Waals surface area (Å²) in [7, 11) is -5.01. The van der Waals surface area contributed by atoms with E-state index in [1.165, 1.54) is 31.4 Å². The number of aryl methyl sites for hydroxylation is 1. The summed E-state index contributed by atoms with van der Waals surface area (Å²) < 4.78 is 62.7. The summed E-state index contributed by atoms with van der Waals surface area (Å²) in [5.74, 6) is -0.693.